The first-order valence-electron chi connectivity index (χ1n) is 5.92. The number of thiazole rings is 1. The zero-order chi connectivity index (χ0) is 13.1. The highest BCUT2D eigenvalue weighted by Gasteiger charge is 2.07. The first-order valence-corrected chi connectivity index (χ1v) is 6.80. The number of aromatic amines is 1. The Morgan fingerprint density at radius 3 is 3.16 bits per heavy atom. The number of imidazole rings is 1. The Morgan fingerprint density at radius 2 is 2.32 bits per heavy atom. The van der Waals surface area contributed by atoms with Gasteiger partial charge in [0.15, 0.2) is 0 Å². The van der Waals surface area contributed by atoms with Crippen LogP contribution in [0.5, 0.6) is 0 Å². The summed E-state index contributed by atoms with van der Waals surface area (Å²) in [7, 11) is 0. The predicted octanol–water partition coefficient (Wildman–Crippen LogP) is 1.99. The second kappa shape index (κ2) is 5.19. The fourth-order valence-electron chi connectivity index (χ4n) is 1.83. The molecule has 2 aromatic heterocycles. The molecule has 0 saturated carbocycles. The van der Waals surface area contributed by atoms with Crippen LogP contribution in [0.3, 0.4) is 0 Å². The van der Waals surface area contributed by atoms with E-state index >= 15 is 0 Å². The van der Waals surface area contributed by atoms with Crippen molar-refractivity contribution in [1.82, 2.24) is 20.3 Å². The molecular weight excluding hydrogens is 260 g/mol. The van der Waals surface area contributed by atoms with E-state index in [2.05, 4.69) is 20.3 Å². The van der Waals surface area contributed by atoms with Gasteiger partial charge in [-0.3, -0.25) is 4.79 Å². The predicted molar refractivity (Wildman–Crippen MR) is 74.2 cm³/mol. The molecule has 1 aromatic carbocycles. The summed E-state index contributed by atoms with van der Waals surface area (Å²) in [6, 6.07) is 5.53. The summed E-state index contributed by atoms with van der Waals surface area (Å²) < 4.78 is 1.03. The van der Waals surface area contributed by atoms with E-state index in [1.165, 1.54) is 11.3 Å². The van der Waals surface area contributed by atoms with E-state index in [4.69, 9.17) is 0 Å². The van der Waals surface area contributed by atoms with Crippen LogP contribution in [-0.4, -0.2) is 27.4 Å². The molecule has 0 saturated heterocycles. The van der Waals surface area contributed by atoms with E-state index in [0.29, 0.717) is 18.5 Å². The van der Waals surface area contributed by atoms with Gasteiger partial charge in [-0.15, -0.1) is 11.3 Å². The Kier molecular flexibility index (Phi) is 3.24. The monoisotopic (exact) mass is 272 g/mol. The van der Waals surface area contributed by atoms with Crippen LogP contribution in [0, 0.1) is 0 Å². The van der Waals surface area contributed by atoms with Gasteiger partial charge in [0.25, 0.3) is 5.91 Å². The van der Waals surface area contributed by atoms with Crippen LogP contribution in [0.2, 0.25) is 0 Å². The van der Waals surface area contributed by atoms with E-state index in [-0.39, 0.29) is 5.91 Å². The number of rotatable bonds is 4. The van der Waals surface area contributed by atoms with Crippen LogP contribution in [-0.2, 0) is 6.42 Å². The number of amides is 1. The summed E-state index contributed by atoms with van der Waals surface area (Å²) in [6.07, 6.45) is 4.17. The van der Waals surface area contributed by atoms with Gasteiger partial charge in [0, 0.05) is 30.9 Å². The van der Waals surface area contributed by atoms with E-state index < -0.39 is 0 Å². The van der Waals surface area contributed by atoms with Crippen molar-refractivity contribution in [3.8, 4) is 0 Å². The molecule has 1 amide bonds. The number of carbonyl (C=O) groups excluding carboxylic acids is 1. The Hall–Kier alpha value is -2.21. The molecule has 0 spiro atoms. The molecule has 2 heterocycles. The number of nitrogens with zero attached hydrogens (tertiary/aromatic N) is 2. The van der Waals surface area contributed by atoms with Crippen molar-refractivity contribution < 1.29 is 4.79 Å². The number of hydrogen-bond donors (Lipinski definition) is 2. The summed E-state index contributed by atoms with van der Waals surface area (Å²) in [5.74, 6) is 0.806. The Labute approximate surface area is 113 Å². The van der Waals surface area contributed by atoms with E-state index in [0.717, 1.165) is 16.0 Å². The van der Waals surface area contributed by atoms with Crippen molar-refractivity contribution >= 4 is 27.5 Å². The molecule has 0 unspecified atom stereocenters. The molecule has 96 valence electrons. The molecule has 0 atom stereocenters. The zero-order valence-electron chi connectivity index (χ0n) is 10.1. The molecule has 3 aromatic rings. The molecule has 3 rings (SSSR count). The van der Waals surface area contributed by atoms with Gasteiger partial charge in [0.2, 0.25) is 0 Å². The molecule has 0 fully saturated rings. The molecule has 0 radical (unpaired) electrons. The summed E-state index contributed by atoms with van der Waals surface area (Å²) in [5.41, 5.74) is 3.37. The van der Waals surface area contributed by atoms with Crippen LogP contribution in [0.4, 0.5) is 0 Å². The van der Waals surface area contributed by atoms with E-state index in [1.54, 1.807) is 24.0 Å². The Bertz CT molecular complexity index is 690. The maximum atomic E-state index is 12.0. The third-order valence-corrected chi connectivity index (χ3v) is 3.59. The minimum absolute atomic E-state index is 0.0677. The minimum atomic E-state index is -0.0677. The standard InChI is InChI=1S/C13H12N4OS/c18-13(16-4-3-12-14-5-6-15-12)9-1-2-10-11(7-9)19-8-17-10/h1-2,5-8H,3-4H2,(H,14,15)(H,16,18). The third-order valence-electron chi connectivity index (χ3n) is 2.80. The zero-order valence-corrected chi connectivity index (χ0v) is 10.9. The summed E-state index contributed by atoms with van der Waals surface area (Å²) in [4.78, 5) is 23.3. The highest BCUT2D eigenvalue weighted by Crippen LogP contribution is 2.18. The van der Waals surface area contributed by atoms with Gasteiger partial charge in [0.1, 0.15) is 5.82 Å². The van der Waals surface area contributed by atoms with Crippen LogP contribution < -0.4 is 5.32 Å². The van der Waals surface area contributed by atoms with Gasteiger partial charge in [-0.05, 0) is 18.2 Å². The molecule has 0 aliphatic rings. The van der Waals surface area contributed by atoms with Crippen molar-refractivity contribution in [2.24, 2.45) is 0 Å². The second-order valence-electron chi connectivity index (χ2n) is 4.08. The van der Waals surface area contributed by atoms with Crippen LogP contribution in [0.25, 0.3) is 10.2 Å². The van der Waals surface area contributed by atoms with Crippen molar-refractivity contribution in [1.29, 1.82) is 0 Å². The Balaban J connectivity index is 1.63. The van der Waals surface area contributed by atoms with E-state index in [1.807, 2.05) is 12.1 Å². The number of H-pyrrole nitrogens is 1. The maximum Gasteiger partial charge on any atom is 0.251 e. The van der Waals surface area contributed by atoms with Crippen LogP contribution in [0.1, 0.15) is 16.2 Å². The summed E-state index contributed by atoms with van der Waals surface area (Å²) in [6.45, 7) is 0.563. The molecule has 0 aliphatic heterocycles. The maximum absolute atomic E-state index is 12.0. The van der Waals surface area contributed by atoms with Crippen molar-refractivity contribution in [2.75, 3.05) is 6.54 Å². The molecule has 6 heteroatoms. The smallest absolute Gasteiger partial charge is 0.251 e. The van der Waals surface area contributed by atoms with Crippen molar-refractivity contribution in [3.05, 3.63) is 47.5 Å². The summed E-state index contributed by atoms with van der Waals surface area (Å²) >= 11 is 1.53. The lowest BCUT2D eigenvalue weighted by Gasteiger charge is -2.04. The number of carbonyl (C=O) groups is 1. The molecular formula is C13H12N4OS. The normalized spacial score (nSPS) is 10.7. The first-order chi connectivity index (χ1) is 9.33. The van der Waals surface area contributed by atoms with E-state index in [9.17, 15) is 4.79 Å². The number of hydrogen-bond acceptors (Lipinski definition) is 4. The number of aromatic nitrogens is 3. The van der Waals surface area contributed by atoms with Crippen molar-refractivity contribution in [3.63, 3.8) is 0 Å². The molecule has 19 heavy (non-hydrogen) atoms. The van der Waals surface area contributed by atoms with Gasteiger partial charge in [0.05, 0.1) is 15.7 Å². The second-order valence-corrected chi connectivity index (χ2v) is 4.96. The highest BCUT2D eigenvalue weighted by atomic mass is 32.1. The topological polar surface area (TPSA) is 70.7 Å². The van der Waals surface area contributed by atoms with Gasteiger partial charge in [-0.25, -0.2) is 9.97 Å². The minimum Gasteiger partial charge on any atom is -0.352 e. The Morgan fingerprint density at radius 1 is 1.37 bits per heavy atom. The quantitative estimate of drug-likeness (QED) is 0.763. The lowest BCUT2D eigenvalue weighted by atomic mass is 10.2. The largest absolute Gasteiger partial charge is 0.352 e. The fraction of sp³-hybridized carbons (Fsp3) is 0.154. The number of nitrogens with one attached hydrogen (secondary N) is 2. The van der Waals surface area contributed by atoms with Gasteiger partial charge in [-0.1, -0.05) is 0 Å². The van der Waals surface area contributed by atoms with Gasteiger partial charge < -0.3 is 10.3 Å². The SMILES string of the molecule is O=C(NCCc1ncc[nH]1)c1ccc2ncsc2c1. The van der Waals surface area contributed by atoms with Gasteiger partial charge in [-0.2, -0.15) is 0 Å². The molecule has 0 bridgehead atoms. The molecule has 0 aliphatic carbocycles. The highest BCUT2D eigenvalue weighted by molar-refractivity contribution is 7.16. The lowest BCUT2D eigenvalue weighted by molar-refractivity contribution is 0.0954. The average Bonchev–Trinajstić information content (AvgIpc) is 3.08. The first kappa shape index (κ1) is 11.9. The lowest BCUT2D eigenvalue weighted by Crippen LogP contribution is -2.25. The average molecular weight is 272 g/mol. The molecule has 5 nitrogen and oxygen atoms in total. The third kappa shape index (κ3) is 2.63. The van der Waals surface area contributed by atoms with Crippen molar-refractivity contribution in [2.45, 2.75) is 6.42 Å². The van der Waals surface area contributed by atoms with Crippen LogP contribution in [0.15, 0.2) is 36.1 Å². The van der Waals surface area contributed by atoms with Crippen LogP contribution >= 0.6 is 11.3 Å². The fourth-order valence-corrected chi connectivity index (χ4v) is 2.54. The van der Waals surface area contributed by atoms with Gasteiger partial charge >= 0.3 is 0 Å². The number of fused-ring (bicyclic) bond motifs is 1. The number of benzene rings is 1. The molecule has 2 N–H and O–H groups in total. The summed E-state index contributed by atoms with van der Waals surface area (Å²) in [5, 5.41) is 2.88.